The van der Waals surface area contributed by atoms with E-state index in [0.29, 0.717) is 11.4 Å². The van der Waals surface area contributed by atoms with E-state index in [0.717, 1.165) is 45.6 Å². The molecule has 0 bridgehead atoms. The first-order valence-corrected chi connectivity index (χ1v) is 17.6. The van der Waals surface area contributed by atoms with Crippen LogP contribution in [0.4, 0.5) is 5.69 Å². The Bertz CT molecular complexity index is 1710. The molecule has 240 valence electrons. The third-order valence-electron chi connectivity index (χ3n) is 8.18. The summed E-state index contributed by atoms with van der Waals surface area (Å²) in [4.78, 5) is 30.3. The highest BCUT2D eigenvalue weighted by molar-refractivity contribution is 9.10. The molecular weight excluding hydrogens is 666 g/mol. The second-order valence-corrected chi connectivity index (χ2v) is 14.1. The van der Waals surface area contributed by atoms with Gasteiger partial charge in [-0.2, -0.15) is 0 Å². The molecule has 1 atom stereocenters. The van der Waals surface area contributed by atoms with Crippen molar-refractivity contribution in [3.8, 4) is 5.75 Å². The fourth-order valence-electron chi connectivity index (χ4n) is 5.74. The molecule has 4 aromatic rings. The first kappa shape index (κ1) is 33.2. The van der Waals surface area contributed by atoms with Gasteiger partial charge < -0.3 is 15.0 Å². The SMILES string of the molecule is COc1cccc(CN(C(=O)CN(c2ccc(Br)cc2)S(=O)(=O)c2ccccc2)[C@H](Cc2ccccc2)C(=O)NC2CCCC2)c1. The Morgan fingerprint density at radius 3 is 2.15 bits per heavy atom. The smallest absolute Gasteiger partial charge is 0.264 e. The molecule has 1 N–H and O–H groups in total. The number of nitrogens with zero attached hydrogens (tertiary/aromatic N) is 2. The van der Waals surface area contributed by atoms with Gasteiger partial charge in [-0.15, -0.1) is 0 Å². The van der Waals surface area contributed by atoms with Gasteiger partial charge in [-0.1, -0.05) is 89.4 Å². The molecule has 4 aromatic carbocycles. The van der Waals surface area contributed by atoms with E-state index >= 15 is 0 Å². The van der Waals surface area contributed by atoms with E-state index in [-0.39, 0.29) is 29.8 Å². The minimum absolute atomic E-state index is 0.0391. The largest absolute Gasteiger partial charge is 0.497 e. The number of hydrogen-bond acceptors (Lipinski definition) is 5. The van der Waals surface area contributed by atoms with Crippen molar-refractivity contribution in [1.82, 2.24) is 10.2 Å². The Balaban J connectivity index is 1.56. The molecule has 0 unspecified atom stereocenters. The molecule has 46 heavy (non-hydrogen) atoms. The summed E-state index contributed by atoms with van der Waals surface area (Å²) in [6.07, 6.45) is 4.12. The lowest BCUT2D eigenvalue weighted by molar-refractivity contribution is -0.140. The van der Waals surface area contributed by atoms with E-state index in [9.17, 15) is 18.0 Å². The lowest BCUT2D eigenvalue weighted by Gasteiger charge is -2.34. The number of sulfonamides is 1. The average molecular weight is 705 g/mol. The Kier molecular flexibility index (Phi) is 11.1. The summed E-state index contributed by atoms with van der Waals surface area (Å²) in [7, 11) is -2.58. The van der Waals surface area contributed by atoms with Gasteiger partial charge in [0.25, 0.3) is 10.0 Å². The Hall–Kier alpha value is -4.15. The summed E-state index contributed by atoms with van der Waals surface area (Å²) in [6.45, 7) is -0.435. The van der Waals surface area contributed by atoms with Gasteiger partial charge in [0.2, 0.25) is 11.8 Å². The van der Waals surface area contributed by atoms with E-state index in [4.69, 9.17) is 4.74 Å². The maximum Gasteiger partial charge on any atom is 0.264 e. The molecule has 0 saturated heterocycles. The minimum atomic E-state index is -4.15. The number of carbonyl (C=O) groups is 2. The second kappa shape index (κ2) is 15.4. The zero-order valence-corrected chi connectivity index (χ0v) is 28.1. The topological polar surface area (TPSA) is 96.0 Å². The molecule has 2 amide bonds. The predicted octanol–water partition coefficient (Wildman–Crippen LogP) is 6.35. The van der Waals surface area contributed by atoms with Gasteiger partial charge in [-0.25, -0.2) is 8.42 Å². The van der Waals surface area contributed by atoms with Crippen molar-refractivity contribution in [2.75, 3.05) is 18.0 Å². The van der Waals surface area contributed by atoms with Gasteiger partial charge in [-0.3, -0.25) is 13.9 Å². The number of carbonyl (C=O) groups excluding carboxylic acids is 2. The highest BCUT2D eigenvalue weighted by Gasteiger charge is 2.35. The lowest BCUT2D eigenvalue weighted by atomic mass is 10.0. The van der Waals surface area contributed by atoms with Gasteiger partial charge >= 0.3 is 0 Å². The minimum Gasteiger partial charge on any atom is -0.497 e. The average Bonchev–Trinajstić information content (AvgIpc) is 3.59. The Labute approximate surface area is 279 Å². The molecule has 5 rings (SSSR count). The molecule has 1 fully saturated rings. The second-order valence-electron chi connectivity index (χ2n) is 11.4. The molecule has 1 saturated carbocycles. The third-order valence-corrected chi connectivity index (χ3v) is 10.5. The van der Waals surface area contributed by atoms with Gasteiger partial charge in [-0.05, 0) is 72.5 Å². The van der Waals surface area contributed by atoms with Crippen molar-refractivity contribution < 1.29 is 22.7 Å². The molecule has 1 aliphatic carbocycles. The summed E-state index contributed by atoms with van der Waals surface area (Å²) < 4.78 is 35.5. The summed E-state index contributed by atoms with van der Waals surface area (Å²) in [5, 5.41) is 3.20. The Morgan fingerprint density at radius 1 is 0.870 bits per heavy atom. The molecule has 1 aliphatic rings. The number of ether oxygens (including phenoxy) is 1. The van der Waals surface area contributed by atoms with Crippen LogP contribution in [0.3, 0.4) is 0 Å². The van der Waals surface area contributed by atoms with Crippen LogP contribution in [-0.4, -0.2) is 50.9 Å². The number of amides is 2. The number of rotatable bonds is 13. The summed E-state index contributed by atoms with van der Waals surface area (Å²) in [5.41, 5.74) is 1.97. The summed E-state index contributed by atoms with van der Waals surface area (Å²) in [6, 6.07) is 30.8. The van der Waals surface area contributed by atoms with Crippen LogP contribution in [0.1, 0.15) is 36.8 Å². The third kappa shape index (κ3) is 8.35. The molecule has 0 aromatic heterocycles. The zero-order valence-electron chi connectivity index (χ0n) is 25.7. The first-order chi connectivity index (χ1) is 22.2. The number of hydrogen-bond donors (Lipinski definition) is 1. The van der Waals surface area contributed by atoms with Crippen LogP contribution in [-0.2, 0) is 32.6 Å². The number of halogens is 1. The zero-order chi connectivity index (χ0) is 32.5. The van der Waals surface area contributed by atoms with Crippen LogP contribution in [0.15, 0.2) is 119 Å². The van der Waals surface area contributed by atoms with E-state index in [1.165, 1.54) is 17.0 Å². The van der Waals surface area contributed by atoms with Crippen LogP contribution in [0.2, 0.25) is 0 Å². The summed E-state index contributed by atoms with van der Waals surface area (Å²) >= 11 is 3.42. The highest BCUT2D eigenvalue weighted by atomic mass is 79.9. The molecular formula is C36H38BrN3O5S. The van der Waals surface area contributed by atoms with Crippen molar-refractivity contribution in [2.24, 2.45) is 0 Å². The predicted molar refractivity (Wildman–Crippen MR) is 183 cm³/mol. The normalized spacial score (nSPS) is 14.0. The fourth-order valence-corrected chi connectivity index (χ4v) is 7.44. The van der Waals surface area contributed by atoms with Crippen LogP contribution < -0.4 is 14.4 Å². The van der Waals surface area contributed by atoms with E-state index < -0.39 is 28.5 Å². The number of benzene rings is 4. The maximum atomic E-state index is 14.6. The molecule has 0 heterocycles. The number of nitrogens with one attached hydrogen (secondary N) is 1. The van der Waals surface area contributed by atoms with Crippen LogP contribution in [0, 0.1) is 0 Å². The number of methoxy groups -OCH3 is 1. The monoisotopic (exact) mass is 703 g/mol. The Morgan fingerprint density at radius 2 is 1.50 bits per heavy atom. The van der Waals surface area contributed by atoms with Gasteiger partial charge in [0.05, 0.1) is 17.7 Å². The van der Waals surface area contributed by atoms with Crippen LogP contribution in [0.25, 0.3) is 0 Å². The van der Waals surface area contributed by atoms with Crippen molar-refractivity contribution in [2.45, 2.75) is 55.6 Å². The van der Waals surface area contributed by atoms with Gasteiger partial charge in [0.1, 0.15) is 18.3 Å². The van der Waals surface area contributed by atoms with Crippen molar-refractivity contribution in [3.63, 3.8) is 0 Å². The molecule has 0 radical (unpaired) electrons. The molecule has 0 spiro atoms. The number of anilines is 1. The lowest BCUT2D eigenvalue weighted by Crippen LogP contribution is -2.54. The summed E-state index contributed by atoms with van der Waals surface area (Å²) in [5.74, 6) is -0.149. The standard InChI is InChI=1S/C36H38BrN3O5S/c1-45-32-16-10-13-28(23-32)25-39(34(24-27-11-4-2-5-12-27)36(42)38-30-14-8-9-15-30)35(41)26-40(31-21-19-29(37)20-22-31)46(43,44)33-17-6-3-7-18-33/h2-7,10-13,16-23,30,34H,8-9,14-15,24-26H2,1H3,(H,38,42)/t34-/m1/s1. The maximum absolute atomic E-state index is 14.6. The van der Waals surface area contributed by atoms with Crippen LogP contribution in [0.5, 0.6) is 5.75 Å². The van der Waals surface area contributed by atoms with Crippen molar-refractivity contribution in [3.05, 3.63) is 125 Å². The van der Waals surface area contributed by atoms with Gasteiger partial charge in [0, 0.05) is 23.5 Å². The fraction of sp³-hybridized carbons (Fsp3) is 0.278. The first-order valence-electron chi connectivity index (χ1n) is 15.3. The molecule has 8 nitrogen and oxygen atoms in total. The van der Waals surface area contributed by atoms with Gasteiger partial charge in [0.15, 0.2) is 0 Å². The van der Waals surface area contributed by atoms with E-state index in [1.807, 2.05) is 54.6 Å². The van der Waals surface area contributed by atoms with Crippen molar-refractivity contribution in [1.29, 1.82) is 0 Å². The van der Waals surface area contributed by atoms with Crippen LogP contribution >= 0.6 is 15.9 Å². The molecule has 10 heteroatoms. The molecule has 0 aliphatic heterocycles. The van der Waals surface area contributed by atoms with Crippen molar-refractivity contribution >= 4 is 43.5 Å². The quantitative estimate of drug-likeness (QED) is 0.175. The van der Waals surface area contributed by atoms with E-state index in [1.54, 1.807) is 49.6 Å². The highest BCUT2D eigenvalue weighted by Crippen LogP contribution is 2.27. The van der Waals surface area contributed by atoms with E-state index in [2.05, 4.69) is 21.2 Å².